The Kier molecular flexibility index (Phi) is 9.85. The first-order valence-electron chi connectivity index (χ1n) is 14.8. The fraction of sp³-hybridized carbons (Fsp3) is 0.387. The van der Waals surface area contributed by atoms with Crippen LogP contribution in [-0.2, 0) is 23.1 Å². The van der Waals surface area contributed by atoms with Crippen molar-refractivity contribution in [3.8, 4) is 22.9 Å². The quantitative estimate of drug-likeness (QED) is 0.232. The number of para-hydroxylation sites is 1. The number of aromatic nitrogens is 4. The molecule has 5 rings (SSSR count). The summed E-state index contributed by atoms with van der Waals surface area (Å²) in [5.41, 5.74) is 0.679. The Hall–Kier alpha value is -4.59. The summed E-state index contributed by atoms with van der Waals surface area (Å²) in [6, 6.07) is 13.7. The molecule has 0 aliphatic heterocycles. The zero-order valence-electron chi connectivity index (χ0n) is 25.1. The van der Waals surface area contributed by atoms with Crippen LogP contribution in [0.3, 0.4) is 0 Å². The van der Waals surface area contributed by atoms with Crippen LogP contribution < -0.4 is 20.9 Å². The van der Waals surface area contributed by atoms with Gasteiger partial charge in [-0.15, -0.1) is 10.2 Å². The molecule has 244 valence electrons. The normalized spacial score (nSPS) is 16.7. The average molecular weight is 661 g/mol. The van der Waals surface area contributed by atoms with Crippen molar-refractivity contribution < 1.29 is 31.9 Å². The van der Waals surface area contributed by atoms with Crippen molar-refractivity contribution in [2.24, 2.45) is 13.0 Å². The number of benzene rings is 2. The van der Waals surface area contributed by atoms with Crippen LogP contribution in [0.25, 0.3) is 17.1 Å². The molecular weight excluding hydrogens is 629 g/mol. The molecule has 1 saturated carbocycles. The zero-order valence-corrected chi connectivity index (χ0v) is 25.8. The van der Waals surface area contributed by atoms with Gasteiger partial charge in [-0.25, -0.2) is 4.68 Å². The lowest BCUT2D eigenvalue weighted by atomic mass is 9.81. The van der Waals surface area contributed by atoms with E-state index in [1.165, 1.54) is 9.36 Å². The van der Waals surface area contributed by atoms with E-state index in [0.29, 0.717) is 60.2 Å². The highest BCUT2D eigenvalue weighted by Crippen LogP contribution is 2.39. The van der Waals surface area contributed by atoms with E-state index < -0.39 is 36.0 Å². The first-order valence-corrected chi connectivity index (χ1v) is 15.1. The number of nitrogens with zero attached hydrogens (tertiary/aromatic N) is 4. The van der Waals surface area contributed by atoms with E-state index in [1.807, 2.05) is 12.2 Å². The molecule has 0 bridgehead atoms. The molecule has 1 aliphatic rings. The van der Waals surface area contributed by atoms with Gasteiger partial charge in [0.2, 0.25) is 11.8 Å². The zero-order chi connectivity index (χ0) is 33.0. The molecule has 2 aromatic heterocycles. The number of carbonyl (C=O) groups is 2. The van der Waals surface area contributed by atoms with Gasteiger partial charge in [0.15, 0.2) is 0 Å². The van der Waals surface area contributed by atoms with Gasteiger partial charge in [-0.2, -0.15) is 13.2 Å². The van der Waals surface area contributed by atoms with Gasteiger partial charge in [0, 0.05) is 36.9 Å². The van der Waals surface area contributed by atoms with Crippen molar-refractivity contribution in [3.05, 3.63) is 75.5 Å². The van der Waals surface area contributed by atoms with Crippen LogP contribution in [0.5, 0.6) is 5.75 Å². The lowest BCUT2D eigenvalue weighted by molar-refractivity contribution is -0.173. The molecule has 2 atom stereocenters. The standard InChI is InChI=1S/C31H32ClF3N6O5/c1-3-45-24-13-12-20(32)17-22(24)28-39-38-27(46-28)19-9-7-8-18(16-19)26(42)37-25-23(14-15-36-30(44)31(33,34)35)40(2)41(29(25)43)21-10-5-4-6-11-21/h4-6,10-13,17-19H,3,7-9,14-16H2,1-2H3,(H,36,44)(H,37,42)/t18-,19?/m1/s1. The molecule has 2 N–H and O–H groups in total. The van der Waals surface area contributed by atoms with E-state index in [4.69, 9.17) is 20.8 Å². The highest BCUT2D eigenvalue weighted by atomic mass is 35.5. The molecule has 11 nitrogen and oxygen atoms in total. The summed E-state index contributed by atoms with van der Waals surface area (Å²) in [5.74, 6) is -2.10. The van der Waals surface area contributed by atoms with E-state index in [1.54, 1.807) is 55.6 Å². The van der Waals surface area contributed by atoms with E-state index >= 15 is 0 Å². The maximum absolute atomic E-state index is 13.6. The largest absolute Gasteiger partial charge is 0.493 e. The van der Waals surface area contributed by atoms with Gasteiger partial charge in [0.25, 0.3) is 11.4 Å². The molecule has 2 amide bonds. The molecule has 15 heteroatoms. The Morgan fingerprint density at radius 3 is 2.61 bits per heavy atom. The number of halogens is 4. The highest BCUT2D eigenvalue weighted by Gasteiger charge is 2.38. The number of anilines is 1. The Morgan fingerprint density at radius 1 is 1.13 bits per heavy atom. The predicted octanol–water partition coefficient (Wildman–Crippen LogP) is 5.41. The molecule has 1 fully saturated rings. The molecule has 46 heavy (non-hydrogen) atoms. The van der Waals surface area contributed by atoms with Gasteiger partial charge in [0.05, 0.1) is 23.6 Å². The number of ether oxygens (including phenoxy) is 1. The Bertz CT molecular complexity index is 1770. The lowest BCUT2D eigenvalue weighted by Crippen LogP contribution is -2.38. The number of alkyl halides is 3. The number of hydrogen-bond donors (Lipinski definition) is 2. The smallest absolute Gasteiger partial charge is 0.471 e. The first-order chi connectivity index (χ1) is 22.0. The second kappa shape index (κ2) is 13.8. The molecule has 0 radical (unpaired) electrons. The minimum atomic E-state index is -5.05. The number of carbonyl (C=O) groups excluding carboxylic acids is 2. The second-order valence-electron chi connectivity index (χ2n) is 10.9. The van der Waals surface area contributed by atoms with Gasteiger partial charge in [-0.05, 0) is 56.5 Å². The highest BCUT2D eigenvalue weighted by molar-refractivity contribution is 6.30. The number of nitrogens with one attached hydrogen (secondary N) is 2. The monoisotopic (exact) mass is 660 g/mol. The topological polar surface area (TPSA) is 133 Å². The van der Waals surface area contributed by atoms with Crippen LogP contribution >= 0.6 is 11.6 Å². The van der Waals surface area contributed by atoms with Crippen LogP contribution in [0, 0.1) is 5.92 Å². The number of rotatable bonds is 10. The van der Waals surface area contributed by atoms with Crippen molar-refractivity contribution in [1.82, 2.24) is 24.9 Å². The van der Waals surface area contributed by atoms with Crippen molar-refractivity contribution in [1.29, 1.82) is 0 Å². The van der Waals surface area contributed by atoms with Gasteiger partial charge < -0.3 is 19.8 Å². The van der Waals surface area contributed by atoms with Gasteiger partial charge in [0.1, 0.15) is 11.4 Å². The molecule has 1 aliphatic carbocycles. The fourth-order valence-electron chi connectivity index (χ4n) is 5.65. The molecule has 1 unspecified atom stereocenters. The summed E-state index contributed by atoms with van der Waals surface area (Å²) in [5, 5.41) is 13.5. The molecule has 4 aromatic rings. The summed E-state index contributed by atoms with van der Waals surface area (Å²) < 4.78 is 52.7. The Morgan fingerprint density at radius 2 is 1.89 bits per heavy atom. The average Bonchev–Trinajstić information content (AvgIpc) is 3.61. The van der Waals surface area contributed by atoms with Crippen molar-refractivity contribution in [2.45, 2.75) is 51.1 Å². The third-order valence-corrected chi connectivity index (χ3v) is 8.08. The van der Waals surface area contributed by atoms with Crippen molar-refractivity contribution >= 4 is 29.1 Å². The third kappa shape index (κ3) is 7.11. The maximum Gasteiger partial charge on any atom is 0.471 e. The van der Waals surface area contributed by atoms with Crippen molar-refractivity contribution in [2.75, 3.05) is 18.5 Å². The Balaban J connectivity index is 1.36. The SMILES string of the molecule is CCOc1ccc(Cl)cc1-c1nnc(C2CCC[C@@H](C(=O)Nc3c(CCNC(=O)C(F)(F)F)n(C)n(-c4ccccc4)c3=O)C2)o1. The first kappa shape index (κ1) is 32.8. The maximum atomic E-state index is 13.6. The fourth-order valence-corrected chi connectivity index (χ4v) is 5.82. The molecule has 2 heterocycles. The van der Waals surface area contributed by atoms with E-state index in [0.717, 1.165) is 0 Å². The van der Waals surface area contributed by atoms with E-state index in [9.17, 15) is 27.6 Å². The Labute approximate surface area is 266 Å². The van der Waals surface area contributed by atoms with Crippen LogP contribution in [0.15, 0.2) is 57.7 Å². The van der Waals surface area contributed by atoms with E-state index in [-0.39, 0.29) is 29.6 Å². The van der Waals surface area contributed by atoms with E-state index in [2.05, 4.69) is 15.5 Å². The van der Waals surface area contributed by atoms with Gasteiger partial charge in [-0.3, -0.25) is 19.1 Å². The minimum Gasteiger partial charge on any atom is -0.493 e. The second-order valence-corrected chi connectivity index (χ2v) is 11.3. The summed E-state index contributed by atoms with van der Waals surface area (Å²) >= 11 is 6.19. The van der Waals surface area contributed by atoms with Gasteiger partial charge in [-0.1, -0.05) is 36.2 Å². The minimum absolute atomic E-state index is 0.0655. The lowest BCUT2D eigenvalue weighted by Gasteiger charge is -2.26. The summed E-state index contributed by atoms with van der Waals surface area (Å²) in [6.45, 7) is 1.87. The molecule has 0 saturated heterocycles. The number of amides is 2. The molecule has 2 aromatic carbocycles. The predicted molar refractivity (Wildman–Crippen MR) is 163 cm³/mol. The summed E-state index contributed by atoms with van der Waals surface area (Å²) in [6.07, 6.45) is -2.89. The summed E-state index contributed by atoms with van der Waals surface area (Å²) in [4.78, 5) is 38.6. The van der Waals surface area contributed by atoms with Crippen LogP contribution in [-0.4, -0.2) is 50.7 Å². The van der Waals surface area contributed by atoms with Crippen LogP contribution in [0.2, 0.25) is 5.02 Å². The van der Waals surface area contributed by atoms with Crippen LogP contribution in [0.4, 0.5) is 18.9 Å². The van der Waals surface area contributed by atoms with Gasteiger partial charge >= 0.3 is 12.1 Å². The molecular formula is C31H32ClF3N6O5. The number of hydrogen-bond acceptors (Lipinski definition) is 7. The van der Waals surface area contributed by atoms with Crippen molar-refractivity contribution in [3.63, 3.8) is 0 Å². The molecule has 0 spiro atoms. The third-order valence-electron chi connectivity index (χ3n) is 7.85. The van der Waals surface area contributed by atoms with Crippen LogP contribution in [0.1, 0.15) is 50.1 Å². The summed E-state index contributed by atoms with van der Waals surface area (Å²) in [7, 11) is 1.56.